The Bertz CT molecular complexity index is 355. The summed E-state index contributed by atoms with van der Waals surface area (Å²) in [5.41, 5.74) is 1.48. The number of hydrogen-bond acceptors (Lipinski definition) is 2. The second-order valence-electron chi connectivity index (χ2n) is 3.39. The van der Waals surface area contributed by atoms with E-state index in [9.17, 15) is 4.79 Å². The SMILES string of the molecule is CCC(=CCOCc1ccccc1)C(=O)O. The Kier molecular flexibility index (Phi) is 5.29. The lowest BCUT2D eigenvalue weighted by Crippen LogP contribution is -2.01. The van der Waals surface area contributed by atoms with Crippen LogP contribution in [0, 0.1) is 0 Å². The average molecular weight is 220 g/mol. The molecule has 1 aromatic rings. The molecule has 3 heteroatoms. The molecule has 16 heavy (non-hydrogen) atoms. The molecule has 0 saturated heterocycles. The number of aliphatic carboxylic acids is 1. The molecule has 0 aromatic heterocycles. The first-order valence-electron chi connectivity index (χ1n) is 5.28. The molecular formula is C13H16O3. The predicted octanol–water partition coefficient (Wildman–Crippen LogP) is 2.62. The number of carboxylic acid groups (broad SMARTS) is 1. The highest BCUT2D eigenvalue weighted by molar-refractivity contribution is 5.86. The summed E-state index contributed by atoms with van der Waals surface area (Å²) in [6, 6.07) is 9.79. The molecule has 0 aliphatic carbocycles. The van der Waals surface area contributed by atoms with Crippen molar-refractivity contribution in [1.82, 2.24) is 0 Å². The summed E-state index contributed by atoms with van der Waals surface area (Å²) in [6.45, 7) is 2.66. The Balaban J connectivity index is 2.34. The fraction of sp³-hybridized carbons (Fsp3) is 0.308. The van der Waals surface area contributed by atoms with E-state index in [1.165, 1.54) is 0 Å². The molecule has 0 amide bonds. The lowest BCUT2D eigenvalue weighted by atomic mass is 10.2. The summed E-state index contributed by atoms with van der Waals surface area (Å²) in [5.74, 6) is -0.870. The van der Waals surface area contributed by atoms with Crippen molar-refractivity contribution in [3.8, 4) is 0 Å². The third-order valence-electron chi connectivity index (χ3n) is 2.21. The van der Waals surface area contributed by atoms with Gasteiger partial charge < -0.3 is 9.84 Å². The molecule has 1 rings (SSSR count). The van der Waals surface area contributed by atoms with Crippen molar-refractivity contribution in [2.45, 2.75) is 20.0 Å². The molecule has 1 N–H and O–H groups in total. The minimum atomic E-state index is -0.870. The largest absolute Gasteiger partial charge is 0.478 e. The van der Waals surface area contributed by atoms with Crippen LogP contribution in [0.5, 0.6) is 0 Å². The number of carbonyl (C=O) groups is 1. The molecular weight excluding hydrogens is 204 g/mol. The second kappa shape index (κ2) is 6.80. The van der Waals surface area contributed by atoms with Gasteiger partial charge in [-0.2, -0.15) is 0 Å². The van der Waals surface area contributed by atoms with Crippen LogP contribution in [0.2, 0.25) is 0 Å². The topological polar surface area (TPSA) is 46.5 Å². The molecule has 0 atom stereocenters. The third kappa shape index (κ3) is 4.28. The second-order valence-corrected chi connectivity index (χ2v) is 3.39. The molecule has 0 aliphatic rings. The van der Waals surface area contributed by atoms with Gasteiger partial charge in [0, 0.05) is 5.57 Å². The zero-order valence-electron chi connectivity index (χ0n) is 9.35. The Hall–Kier alpha value is -1.61. The normalized spacial score (nSPS) is 11.4. The predicted molar refractivity (Wildman–Crippen MR) is 62.1 cm³/mol. The highest BCUT2D eigenvalue weighted by Gasteiger charge is 2.02. The van der Waals surface area contributed by atoms with Gasteiger partial charge in [-0.15, -0.1) is 0 Å². The minimum Gasteiger partial charge on any atom is -0.478 e. The highest BCUT2D eigenvalue weighted by atomic mass is 16.5. The lowest BCUT2D eigenvalue weighted by Gasteiger charge is -2.02. The summed E-state index contributed by atoms with van der Waals surface area (Å²) in [4.78, 5) is 10.7. The van der Waals surface area contributed by atoms with Crippen LogP contribution >= 0.6 is 0 Å². The monoisotopic (exact) mass is 220 g/mol. The van der Waals surface area contributed by atoms with Crippen LogP contribution in [0.15, 0.2) is 42.0 Å². The summed E-state index contributed by atoms with van der Waals surface area (Å²) in [6.07, 6.45) is 2.13. The molecule has 0 fully saturated rings. The van der Waals surface area contributed by atoms with Gasteiger partial charge in [-0.3, -0.25) is 0 Å². The van der Waals surface area contributed by atoms with Gasteiger partial charge in [0.15, 0.2) is 0 Å². The molecule has 86 valence electrons. The van der Waals surface area contributed by atoms with Gasteiger partial charge in [0.2, 0.25) is 0 Å². The van der Waals surface area contributed by atoms with Crippen LogP contribution in [0.3, 0.4) is 0 Å². The van der Waals surface area contributed by atoms with Crippen molar-refractivity contribution < 1.29 is 14.6 Å². The van der Waals surface area contributed by atoms with Crippen molar-refractivity contribution in [2.24, 2.45) is 0 Å². The van der Waals surface area contributed by atoms with Crippen molar-refractivity contribution >= 4 is 5.97 Å². The average Bonchev–Trinajstić information content (AvgIpc) is 2.30. The quantitative estimate of drug-likeness (QED) is 0.592. The molecule has 0 saturated carbocycles. The molecule has 3 nitrogen and oxygen atoms in total. The summed E-state index contributed by atoms with van der Waals surface area (Å²) >= 11 is 0. The number of benzene rings is 1. The smallest absolute Gasteiger partial charge is 0.331 e. The van der Waals surface area contributed by atoms with Crippen LogP contribution in [0.4, 0.5) is 0 Å². The van der Waals surface area contributed by atoms with E-state index in [1.807, 2.05) is 37.3 Å². The summed E-state index contributed by atoms with van der Waals surface area (Å²) < 4.78 is 5.36. The van der Waals surface area contributed by atoms with Crippen molar-refractivity contribution in [3.05, 3.63) is 47.5 Å². The van der Waals surface area contributed by atoms with E-state index in [-0.39, 0.29) is 0 Å². The van der Waals surface area contributed by atoms with Crippen LogP contribution in [-0.2, 0) is 16.1 Å². The molecule has 0 bridgehead atoms. The van der Waals surface area contributed by atoms with Crippen LogP contribution in [-0.4, -0.2) is 17.7 Å². The highest BCUT2D eigenvalue weighted by Crippen LogP contribution is 2.03. The molecule has 0 spiro atoms. The van der Waals surface area contributed by atoms with E-state index in [1.54, 1.807) is 6.08 Å². The van der Waals surface area contributed by atoms with Gasteiger partial charge in [0.05, 0.1) is 13.2 Å². The molecule has 0 radical (unpaired) electrons. The van der Waals surface area contributed by atoms with E-state index in [0.29, 0.717) is 25.2 Å². The maximum atomic E-state index is 10.7. The zero-order valence-corrected chi connectivity index (χ0v) is 9.35. The van der Waals surface area contributed by atoms with Crippen LogP contribution in [0.1, 0.15) is 18.9 Å². The maximum absolute atomic E-state index is 10.7. The van der Waals surface area contributed by atoms with E-state index in [4.69, 9.17) is 9.84 Å². The molecule has 0 aliphatic heterocycles. The minimum absolute atomic E-state index is 0.338. The van der Waals surface area contributed by atoms with E-state index in [0.717, 1.165) is 5.56 Å². The van der Waals surface area contributed by atoms with Crippen molar-refractivity contribution in [3.63, 3.8) is 0 Å². The van der Waals surface area contributed by atoms with Gasteiger partial charge in [0.1, 0.15) is 0 Å². The van der Waals surface area contributed by atoms with E-state index < -0.39 is 5.97 Å². The standard InChI is InChI=1S/C13H16O3/c1-2-12(13(14)15)8-9-16-10-11-6-4-3-5-7-11/h3-8H,2,9-10H2,1H3,(H,14,15). The van der Waals surface area contributed by atoms with E-state index in [2.05, 4.69) is 0 Å². The van der Waals surface area contributed by atoms with Crippen molar-refractivity contribution in [2.75, 3.05) is 6.61 Å². The number of rotatable bonds is 6. The number of hydrogen-bond donors (Lipinski definition) is 1. The molecule has 0 unspecified atom stereocenters. The first-order chi connectivity index (χ1) is 7.74. The fourth-order valence-electron chi connectivity index (χ4n) is 1.29. The zero-order chi connectivity index (χ0) is 11.8. The van der Waals surface area contributed by atoms with Crippen LogP contribution < -0.4 is 0 Å². The Morgan fingerprint density at radius 2 is 2.06 bits per heavy atom. The van der Waals surface area contributed by atoms with Gasteiger partial charge in [-0.05, 0) is 18.1 Å². The van der Waals surface area contributed by atoms with Gasteiger partial charge in [-0.25, -0.2) is 4.79 Å². The first kappa shape index (κ1) is 12.5. The van der Waals surface area contributed by atoms with E-state index >= 15 is 0 Å². The van der Waals surface area contributed by atoms with Crippen LogP contribution in [0.25, 0.3) is 0 Å². The van der Waals surface area contributed by atoms with Gasteiger partial charge in [0.25, 0.3) is 0 Å². The fourth-order valence-corrected chi connectivity index (χ4v) is 1.29. The Labute approximate surface area is 95.4 Å². The Morgan fingerprint density at radius 3 is 2.62 bits per heavy atom. The summed E-state index contributed by atoms with van der Waals surface area (Å²) in [5, 5.41) is 8.77. The number of carboxylic acids is 1. The maximum Gasteiger partial charge on any atom is 0.331 e. The first-order valence-corrected chi connectivity index (χ1v) is 5.28. The number of ether oxygens (including phenoxy) is 1. The third-order valence-corrected chi connectivity index (χ3v) is 2.21. The van der Waals surface area contributed by atoms with Crippen molar-refractivity contribution in [1.29, 1.82) is 0 Å². The van der Waals surface area contributed by atoms with Gasteiger partial charge in [-0.1, -0.05) is 37.3 Å². The summed E-state index contributed by atoms with van der Waals surface area (Å²) in [7, 11) is 0. The molecule has 0 heterocycles. The molecule has 1 aromatic carbocycles. The lowest BCUT2D eigenvalue weighted by molar-refractivity contribution is -0.132. The van der Waals surface area contributed by atoms with Gasteiger partial charge >= 0.3 is 5.97 Å². The Morgan fingerprint density at radius 1 is 1.38 bits per heavy atom.